The summed E-state index contributed by atoms with van der Waals surface area (Å²) >= 11 is 0. The molecule has 1 aliphatic rings. The van der Waals surface area contributed by atoms with Crippen molar-refractivity contribution in [3.8, 4) is 0 Å². The van der Waals surface area contributed by atoms with Crippen molar-refractivity contribution in [1.29, 1.82) is 0 Å². The maximum Gasteiger partial charge on any atom is 0.194 e. The molecule has 0 unspecified atom stereocenters. The van der Waals surface area contributed by atoms with E-state index in [1.165, 1.54) is 11.6 Å². The molecule has 1 aliphatic heterocycles. The van der Waals surface area contributed by atoms with E-state index in [0.717, 1.165) is 37.7 Å². The summed E-state index contributed by atoms with van der Waals surface area (Å²) in [7, 11) is 3.50. The molecule has 0 atom stereocenters. The molecular weight excluding hydrogens is 470 g/mol. The van der Waals surface area contributed by atoms with Gasteiger partial charge >= 0.3 is 0 Å². The third kappa shape index (κ3) is 5.81. The van der Waals surface area contributed by atoms with Crippen molar-refractivity contribution in [2.45, 2.75) is 13.2 Å². The molecule has 0 bridgehead atoms. The number of nitrogens with zero attached hydrogens (tertiary/aromatic N) is 3. The fourth-order valence-corrected chi connectivity index (χ4v) is 3.30. The number of benzene rings is 2. The van der Waals surface area contributed by atoms with Gasteiger partial charge in [-0.05, 0) is 23.3 Å². The lowest BCUT2D eigenvalue weighted by atomic mass is 10.1. The minimum atomic E-state index is -0.162. The maximum absolute atomic E-state index is 14.0. The summed E-state index contributed by atoms with van der Waals surface area (Å²) in [5, 5.41) is 3.42. The molecule has 0 radical (unpaired) electrons. The number of methoxy groups -OCH3 is 1. The normalized spacial score (nSPS) is 14.6. The van der Waals surface area contributed by atoms with Crippen LogP contribution in [0.1, 0.15) is 11.1 Å². The van der Waals surface area contributed by atoms with Crippen LogP contribution in [0.15, 0.2) is 53.5 Å². The molecule has 2 aromatic rings. The van der Waals surface area contributed by atoms with Gasteiger partial charge in [0, 0.05) is 46.9 Å². The summed E-state index contributed by atoms with van der Waals surface area (Å²) in [6.07, 6.45) is 0. The second-order valence-corrected chi connectivity index (χ2v) is 6.58. The molecule has 1 N–H and O–H groups in total. The molecule has 5 nitrogen and oxygen atoms in total. The van der Waals surface area contributed by atoms with Gasteiger partial charge in [0.25, 0.3) is 0 Å². The molecule has 0 spiro atoms. The molecule has 3 rings (SSSR count). The Bertz CT molecular complexity index is 761. The number of rotatable bonds is 5. The molecule has 1 fully saturated rings. The average Bonchev–Trinajstić information content (AvgIpc) is 2.71. The lowest BCUT2D eigenvalue weighted by Crippen LogP contribution is -2.52. The molecule has 0 aromatic heterocycles. The summed E-state index contributed by atoms with van der Waals surface area (Å²) in [6.45, 7) is 4.50. The van der Waals surface area contributed by atoms with Gasteiger partial charge in [-0.2, -0.15) is 0 Å². The van der Waals surface area contributed by atoms with E-state index >= 15 is 0 Å². The van der Waals surface area contributed by atoms with E-state index in [2.05, 4.69) is 44.4 Å². The molecule has 1 heterocycles. The van der Waals surface area contributed by atoms with Crippen LogP contribution < -0.4 is 10.2 Å². The lowest BCUT2D eigenvalue weighted by Gasteiger charge is -2.37. The summed E-state index contributed by atoms with van der Waals surface area (Å²) in [5.41, 5.74) is 3.03. The smallest absolute Gasteiger partial charge is 0.194 e. The highest BCUT2D eigenvalue weighted by Crippen LogP contribution is 2.20. The van der Waals surface area contributed by atoms with Crippen LogP contribution in [-0.2, 0) is 17.9 Å². The number of hydrogen-bond donors (Lipinski definition) is 1. The Balaban J connectivity index is 0.00000280. The zero-order chi connectivity index (χ0) is 19.1. The van der Waals surface area contributed by atoms with Crippen molar-refractivity contribution in [3.05, 3.63) is 65.5 Å². The SMILES string of the molecule is CN=C(NCc1ccc(COC)cc1)N1CCN(c2ccccc2F)CC1.I. The van der Waals surface area contributed by atoms with Crippen molar-refractivity contribution in [2.75, 3.05) is 45.2 Å². The van der Waals surface area contributed by atoms with E-state index < -0.39 is 0 Å². The third-order valence-electron chi connectivity index (χ3n) is 4.77. The average molecular weight is 498 g/mol. The topological polar surface area (TPSA) is 40.1 Å². The highest BCUT2D eigenvalue weighted by atomic mass is 127. The second kappa shape index (κ2) is 11.2. The zero-order valence-electron chi connectivity index (χ0n) is 16.4. The number of nitrogens with one attached hydrogen (secondary N) is 1. The molecule has 7 heteroatoms. The van der Waals surface area contributed by atoms with Gasteiger partial charge in [0.1, 0.15) is 5.82 Å². The van der Waals surface area contributed by atoms with Gasteiger partial charge in [0.05, 0.1) is 12.3 Å². The maximum atomic E-state index is 14.0. The van der Waals surface area contributed by atoms with E-state index in [9.17, 15) is 4.39 Å². The fraction of sp³-hybridized carbons (Fsp3) is 0.381. The predicted molar refractivity (Wildman–Crippen MR) is 123 cm³/mol. The molecule has 1 saturated heterocycles. The van der Waals surface area contributed by atoms with Gasteiger partial charge in [0.2, 0.25) is 0 Å². The molecular formula is C21H28FIN4O. The van der Waals surface area contributed by atoms with Crippen molar-refractivity contribution >= 4 is 35.6 Å². The van der Waals surface area contributed by atoms with Gasteiger partial charge in [-0.1, -0.05) is 36.4 Å². The van der Waals surface area contributed by atoms with Crippen molar-refractivity contribution in [3.63, 3.8) is 0 Å². The van der Waals surface area contributed by atoms with Crippen molar-refractivity contribution in [1.82, 2.24) is 10.2 Å². The standard InChI is InChI=1S/C21H27FN4O.HI/c1-23-21(24-15-17-7-9-18(10-8-17)16-27-2)26-13-11-25(12-14-26)20-6-4-3-5-19(20)22;/h3-10H,11-16H2,1-2H3,(H,23,24);1H. The van der Waals surface area contributed by atoms with Crippen LogP contribution in [0.5, 0.6) is 0 Å². The number of hydrogen-bond acceptors (Lipinski definition) is 3. The van der Waals surface area contributed by atoms with Crippen molar-refractivity contribution in [2.24, 2.45) is 4.99 Å². The first-order valence-corrected chi connectivity index (χ1v) is 9.23. The fourth-order valence-electron chi connectivity index (χ4n) is 3.30. The lowest BCUT2D eigenvalue weighted by molar-refractivity contribution is 0.185. The number of para-hydroxylation sites is 1. The van der Waals surface area contributed by atoms with Crippen LogP contribution in [0, 0.1) is 5.82 Å². The van der Waals surface area contributed by atoms with Gasteiger partial charge in [-0.15, -0.1) is 24.0 Å². The summed E-state index contributed by atoms with van der Waals surface area (Å²) in [4.78, 5) is 8.72. The predicted octanol–water partition coefficient (Wildman–Crippen LogP) is 3.49. The van der Waals surface area contributed by atoms with Crippen LogP contribution in [-0.4, -0.2) is 51.2 Å². The highest BCUT2D eigenvalue weighted by molar-refractivity contribution is 14.0. The molecule has 152 valence electrons. The minimum Gasteiger partial charge on any atom is -0.380 e. The van der Waals surface area contributed by atoms with Gasteiger partial charge in [-0.25, -0.2) is 4.39 Å². The zero-order valence-corrected chi connectivity index (χ0v) is 18.7. The van der Waals surface area contributed by atoms with Crippen LogP contribution in [0.3, 0.4) is 0 Å². The summed E-state index contributed by atoms with van der Waals surface area (Å²) < 4.78 is 19.1. The summed E-state index contributed by atoms with van der Waals surface area (Å²) in [6, 6.07) is 15.3. The minimum absolute atomic E-state index is 0. The van der Waals surface area contributed by atoms with Crippen LogP contribution in [0.25, 0.3) is 0 Å². The van der Waals surface area contributed by atoms with E-state index in [4.69, 9.17) is 4.74 Å². The van der Waals surface area contributed by atoms with Crippen molar-refractivity contribution < 1.29 is 9.13 Å². The van der Waals surface area contributed by atoms with Gasteiger partial charge < -0.3 is 19.9 Å². The van der Waals surface area contributed by atoms with Crippen LogP contribution >= 0.6 is 24.0 Å². The molecule has 0 aliphatic carbocycles. The Morgan fingerprint density at radius 3 is 2.29 bits per heavy atom. The second-order valence-electron chi connectivity index (χ2n) is 6.58. The molecule has 0 amide bonds. The third-order valence-corrected chi connectivity index (χ3v) is 4.77. The Labute approximate surface area is 183 Å². The molecule has 28 heavy (non-hydrogen) atoms. The first-order chi connectivity index (χ1) is 13.2. The number of anilines is 1. The summed E-state index contributed by atoms with van der Waals surface area (Å²) in [5.74, 6) is 0.717. The first kappa shape index (κ1) is 22.4. The Morgan fingerprint density at radius 2 is 1.68 bits per heavy atom. The van der Waals surface area contributed by atoms with E-state index in [-0.39, 0.29) is 29.8 Å². The first-order valence-electron chi connectivity index (χ1n) is 9.23. The quantitative estimate of drug-likeness (QED) is 0.390. The van der Waals surface area contributed by atoms with Gasteiger partial charge in [-0.3, -0.25) is 4.99 Å². The molecule has 0 saturated carbocycles. The largest absolute Gasteiger partial charge is 0.380 e. The van der Waals surface area contributed by atoms with E-state index in [1.807, 2.05) is 12.1 Å². The highest BCUT2D eigenvalue weighted by Gasteiger charge is 2.21. The van der Waals surface area contributed by atoms with Gasteiger partial charge in [0.15, 0.2) is 5.96 Å². The van der Waals surface area contributed by atoms with E-state index in [1.54, 1.807) is 20.2 Å². The number of aliphatic imine (C=N–C) groups is 1. The molecule has 2 aromatic carbocycles. The Kier molecular flexibility index (Phi) is 8.98. The number of piperazine rings is 1. The number of guanidine groups is 1. The monoisotopic (exact) mass is 498 g/mol. The number of halogens is 2. The van der Waals surface area contributed by atoms with E-state index in [0.29, 0.717) is 18.8 Å². The van der Waals surface area contributed by atoms with Crippen LogP contribution in [0.2, 0.25) is 0 Å². The number of ether oxygens (including phenoxy) is 1. The Hall–Kier alpha value is -1.87. The Morgan fingerprint density at radius 1 is 1.04 bits per heavy atom. The van der Waals surface area contributed by atoms with Crippen LogP contribution in [0.4, 0.5) is 10.1 Å².